The van der Waals surface area contributed by atoms with Gasteiger partial charge in [-0.15, -0.1) is 0 Å². The van der Waals surface area contributed by atoms with Crippen LogP contribution in [-0.4, -0.2) is 4.98 Å². The van der Waals surface area contributed by atoms with E-state index in [0.29, 0.717) is 5.92 Å². The third kappa shape index (κ3) is 2.29. The zero-order valence-electron chi connectivity index (χ0n) is 6.84. The summed E-state index contributed by atoms with van der Waals surface area (Å²) in [6, 6.07) is 6.05. The minimum absolute atomic E-state index is 0.562. The maximum absolute atomic E-state index is 4.36. The topological polar surface area (TPSA) is 12.9 Å². The van der Waals surface area contributed by atoms with Crippen LogP contribution >= 0.6 is 15.9 Å². The first-order valence-corrected chi connectivity index (χ1v) is 4.65. The number of hydrogen-bond donors (Lipinski definition) is 0. The smallest absolute Gasteiger partial charge is 0.106 e. The Hall–Kier alpha value is -0.370. The highest BCUT2D eigenvalue weighted by Gasteiger charge is 2.03. The molecule has 1 rings (SSSR count). The molecule has 0 N–H and O–H groups in total. The molecule has 1 nitrogen and oxygen atoms in total. The minimum Gasteiger partial charge on any atom is -0.246 e. The Morgan fingerprint density at radius 3 is 2.82 bits per heavy atom. The van der Waals surface area contributed by atoms with Gasteiger partial charge >= 0.3 is 0 Å². The van der Waals surface area contributed by atoms with Crippen LogP contribution in [0.3, 0.4) is 0 Å². The van der Waals surface area contributed by atoms with Gasteiger partial charge in [0.15, 0.2) is 0 Å². The monoisotopic (exact) mass is 213 g/mol. The summed E-state index contributed by atoms with van der Waals surface area (Å²) >= 11 is 3.35. The predicted molar refractivity (Wildman–Crippen MR) is 50.6 cm³/mol. The van der Waals surface area contributed by atoms with E-state index in [1.165, 1.54) is 5.69 Å². The summed E-state index contributed by atoms with van der Waals surface area (Å²) in [5.74, 6) is 0.562. The summed E-state index contributed by atoms with van der Waals surface area (Å²) in [5.41, 5.74) is 1.17. The largest absolute Gasteiger partial charge is 0.246 e. The molecule has 0 saturated heterocycles. The molecule has 0 fully saturated rings. The highest BCUT2D eigenvalue weighted by Crippen LogP contribution is 2.17. The van der Waals surface area contributed by atoms with Crippen molar-refractivity contribution in [3.05, 3.63) is 28.5 Å². The van der Waals surface area contributed by atoms with E-state index in [0.717, 1.165) is 11.0 Å². The van der Waals surface area contributed by atoms with Gasteiger partial charge in [-0.25, -0.2) is 4.98 Å². The van der Waals surface area contributed by atoms with Gasteiger partial charge in [-0.2, -0.15) is 0 Å². The van der Waals surface area contributed by atoms with Crippen LogP contribution < -0.4 is 0 Å². The number of rotatable bonds is 2. The fraction of sp³-hybridized carbons (Fsp3) is 0.444. The molecule has 0 radical (unpaired) electrons. The van der Waals surface area contributed by atoms with E-state index >= 15 is 0 Å². The van der Waals surface area contributed by atoms with E-state index in [9.17, 15) is 0 Å². The molecule has 0 aliphatic carbocycles. The third-order valence-corrected chi connectivity index (χ3v) is 2.30. The summed E-state index contributed by atoms with van der Waals surface area (Å²) < 4.78 is 0.926. The number of aromatic nitrogens is 1. The summed E-state index contributed by atoms with van der Waals surface area (Å²) in [5, 5.41) is 0. The molecule has 1 atom stereocenters. The van der Waals surface area contributed by atoms with Gasteiger partial charge in [-0.3, -0.25) is 0 Å². The van der Waals surface area contributed by atoms with E-state index in [4.69, 9.17) is 0 Å². The molecule has 1 unspecified atom stereocenters. The zero-order valence-corrected chi connectivity index (χ0v) is 8.43. The van der Waals surface area contributed by atoms with Crippen LogP contribution in [0.25, 0.3) is 0 Å². The third-order valence-electron chi connectivity index (χ3n) is 1.85. The van der Waals surface area contributed by atoms with Crippen molar-refractivity contribution >= 4 is 15.9 Å². The first-order valence-electron chi connectivity index (χ1n) is 3.86. The summed E-state index contributed by atoms with van der Waals surface area (Å²) in [6.45, 7) is 4.36. The van der Waals surface area contributed by atoms with Crippen molar-refractivity contribution in [3.63, 3.8) is 0 Å². The van der Waals surface area contributed by atoms with E-state index in [1.54, 1.807) is 0 Å². The summed E-state index contributed by atoms with van der Waals surface area (Å²) in [6.07, 6.45) is 1.14. The molecule has 0 aliphatic rings. The molecule has 2 heteroatoms. The fourth-order valence-electron chi connectivity index (χ4n) is 0.908. The Bertz CT molecular complexity index is 235. The average molecular weight is 214 g/mol. The van der Waals surface area contributed by atoms with Crippen molar-refractivity contribution < 1.29 is 0 Å². The molecule has 0 saturated carbocycles. The maximum Gasteiger partial charge on any atom is 0.106 e. The highest BCUT2D eigenvalue weighted by molar-refractivity contribution is 9.10. The van der Waals surface area contributed by atoms with Crippen molar-refractivity contribution in [2.75, 3.05) is 0 Å². The van der Waals surface area contributed by atoms with Gasteiger partial charge in [-0.1, -0.05) is 19.9 Å². The number of nitrogens with zero attached hydrogens (tertiary/aromatic N) is 1. The lowest BCUT2D eigenvalue weighted by molar-refractivity contribution is 0.706. The average Bonchev–Trinajstić information content (AvgIpc) is 2.03. The van der Waals surface area contributed by atoms with Crippen molar-refractivity contribution in [2.24, 2.45) is 0 Å². The van der Waals surface area contributed by atoms with Crippen LogP contribution in [0.15, 0.2) is 22.8 Å². The summed E-state index contributed by atoms with van der Waals surface area (Å²) in [4.78, 5) is 4.36. The normalized spacial score (nSPS) is 13.0. The maximum atomic E-state index is 4.36. The van der Waals surface area contributed by atoms with Gasteiger partial charge in [0.1, 0.15) is 4.60 Å². The molecule has 0 amide bonds. The second-order valence-corrected chi connectivity index (χ2v) is 3.51. The Morgan fingerprint density at radius 2 is 2.27 bits per heavy atom. The molecule has 0 aromatic carbocycles. The van der Waals surface area contributed by atoms with Crippen molar-refractivity contribution in [2.45, 2.75) is 26.2 Å². The molecule has 1 aromatic heterocycles. The van der Waals surface area contributed by atoms with Crippen LogP contribution in [0.2, 0.25) is 0 Å². The zero-order chi connectivity index (χ0) is 8.27. The molecule has 0 spiro atoms. The quantitative estimate of drug-likeness (QED) is 0.688. The number of hydrogen-bond acceptors (Lipinski definition) is 1. The lowest BCUT2D eigenvalue weighted by atomic mass is 10.1. The first kappa shape index (κ1) is 8.72. The lowest BCUT2D eigenvalue weighted by Gasteiger charge is -2.06. The molecule has 1 aromatic rings. The second kappa shape index (κ2) is 3.86. The number of pyridine rings is 1. The predicted octanol–water partition coefficient (Wildman–Crippen LogP) is 3.36. The second-order valence-electron chi connectivity index (χ2n) is 2.69. The highest BCUT2D eigenvalue weighted by atomic mass is 79.9. The van der Waals surface area contributed by atoms with Crippen LogP contribution in [0.4, 0.5) is 0 Å². The minimum atomic E-state index is 0.562. The van der Waals surface area contributed by atoms with E-state index in [1.807, 2.05) is 12.1 Å². The van der Waals surface area contributed by atoms with E-state index in [-0.39, 0.29) is 0 Å². The molecule has 60 valence electrons. The number of halogens is 1. The SMILES string of the molecule is CCC(C)c1cccc(Br)n1. The molecular formula is C9H12BrN. The Kier molecular flexibility index (Phi) is 3.06. The van der Waals surface area contributed by atoms with Crippen LogP contribution in [0, 0.1) is 0 Å². The molecule has 0 bridgehead atoms. The summed E-state index contributed by atoms with van der Waals surface area (Å²) in [7, 11) is 0. The van der Waals surface area contributed by atoms with Crippen LogP contribution in [0.1, 0.15) is 31.9 Å². The first-order chi connectivity index (χ1) is 5.24. The molecule has 0 aliphatic heterocycles. The standard InChI is InChI=1S/C9H12BrN/c1-3-7(2)8-5-4-6-9(10)11-8/h4-7H,3H2,1-2H3. The van der Waals surface area contributed by atoms with E-state index in [2.05, 4.69) is 40.8 Å². The Balaban J connectivity index is 2.86. The van der Waals surface area contributed by atoms with E-state index < -0.39 is 0 Å². The molecular weight excluding hydrogens is 202 g/mol. The van der Waals surface area contributed by atoms with Crippen molar-refractivity contribution in [3.8, 4) is 0 Å². The van der Waals surface area contributed by atoms with Gasteiger partial charge in [0.25, 0.3) is 0 Å². The van der Waals surface area contributed by atoms with Gasteiger partial charge < -0.3 is 0 Å². The van der Waals surface area contributed by atoms with Crippen LogP contribution in [0.5, 0.6) is 0 Å². The Morgan fingerprint density at radius 1 is 1.55 bits per heavy atom. The Labute approximate surface area is 76.0 Å². The van der Waals surface area contributed by atoms with Gasteiger partial charge in [-0.05, 0) is 40.4 Å². The van der Waals surface area contributed by atoms with Crippen molar-refractivity contribution in [1.82, 2.24) is 4.98 Å². The lowest BCUT2D eigenvalue weighted by Crippen LogP contribution is -1.94. The van der Waals surface area contributed by atoms with Crippen LogP contribution in [-0.2, 0) is 0 Å². The van der Waals surface area contributed by atoms with Crippen molar-refractivity contribution in [1.29, 1.82) is 0 Å². The van der Waals surface area contributed by atoms with Gasteiger partial charge in [0, 0.05) is 5.69 Å². The fourth-order valence-corrected chi connectivity index (χ4v) is 1.26. The molecule has 11 heavy (non-hydrogen) atoms. The van der Waals surface area contributed by atoms with Gasteiger partial charge in [0.05, 0.1) is 0 Å². The van der Waals surface area contributed by atoms with Gasteiger partial charge in [0.2, 0.25) is 0 Å². The molecule has 1 heterocycles.